The Hall–Kier alpha value is -1.35. The van der Waals surface area contributed by atoms with Gasteiger partial charge in [0.1, 0.15) is 17.6 Å². The van der Waals surface area contributed by atoms with Gasteiger partial charge in [0.15, 0.2) is 0 Å². The summed E-state index contributed by atoms with van der Waals surface area (Å²) in [6.45, 7) is 8.23. The first kappa shape index (κ1) is 16.0. The zero-order chi connectivity index (χ0) is 15.4. The van der Waals surface area contributed by atoms with Crippen LogP contribution in [0.2, 0.25) is 0 Å². The first-order valence-corrected chi connectivity index (χ1v) is 7.98. The van der Waals surface area contributed by atoms with E-state index in [0.29, 0.717) is 24.6 Å². The second kappa shape index (κ2) is 7.08. The normalized spacial score (nSPS) is 21.4. The topological polar surface area (TPSA) is 38.3 Å². The smallest absolute Gasteiger partial charge is 0.139 e. The van der Waals surface area contributed by atoms with Crippen LogP contribution in [0, 0.1) is 5.92 Å². The molecule has 0 spiro atoms. The van der Waals surface area contributed by atoms with E-state index in [4.69, 9.17) is 4.74 Å². The molecule has 3 heteroatoms. The van der Waals surface area contributed by atoms with Gasteiger partial charge in [-0.25, -0.2) is 0 Å². The molecule has 1 aromatic rings. The Morgan fingerprint density at radius 1 is 1.29 bits per heavy atom. The lowest BCUT2D eigenvalue weighted by atomic mass is 9.88. The quantitative estimate of drug-likeness (QED) is 0.836. The molecule has 0 aromatic heterocycles. The van der Waals surface area contributed by atoms with E-state index in [1.54, 1.807) is 0 Å². The number of rotatable bonds is 7. The highest BCUT2D eigenvalue weighted by Crippen LogP contribution is 2.27. The second-order valence-corrected chi connectivity index (χ2v) is 6.67. The number of hydrogen-bond donors (Lipinski definition) is 1. The van der Waals surface area contributed by atoms with Crippen LogP contribution < -0.4 is 10.1 Å². The van der Waals surface area contributed by atoms with Crippen molar-refractivity contribution in [3.05, 3.63) is 29.8 Å². The predicted octanol–water partition coefficient (Wildman–Crippen LogP) is 3.36. The number of benzene rings is 1. The van der Waals surface area contributed by atoms with Crippen LogP contribution >= 0.6 is 0 Å². The molecule has 0 aliphatic heterocycles. The van der Waals surface area contributed by atoms with Gasteiger partial charge in [-0.1, -0.05) is 39.8 Å². The van der Waals surface area contributed by atoms with Crippen molar-refractivity contribution in [2.75, 3.05) is 0 Å². The number of ketones is 1. The number of hydrogen-bond acceptors (Lipinski definition) is 3. The van der Waals surface area contributed by atoms with E-state index in [0.717, 1.165) is 24.2 Å². The minimum Gasteiger partial charge on any atom is -0.490 e. The summed E-state index contributed by atoms with van der Waals surface area (Å²) in [6.07, 6.45) is 2.93. The van der Waals surface area contributed by atoms with Crippen LogP contribution in [0.3, 0.4) is 0 Å². The van der Waals surface area contributed by atoms with Crippen molar-refractivity contribution in [1.29, 1.82) is 0 Å². The zero-order valence-corrected chi connectivity index (χ0v) is 13.6. The summed E-state index contributed by atoms with van der Waals surface area (Å²) < 4.78 is 5.99. The average molecular weight is 289 g/mol. The number of ether oxygens (including phenoxy) is 1. The van der Waals surface area contributed by atoms with Crippen LogP contribution in [0.5, 0.6) is 5.75 Å². The minimum atomic E-state index is 0.0871. The molecule has 0 radical (unpaired) electrons. The fourth-order valence-corrected chi connectivity index (χ4v) is 2.60. The maximum atomic E-state index is 11.8. The fraction of sp³-hybridized carbons (Fsp3) is 0.611. The van der Waals surface area contributed by atoms with Crippen LogP contribution in [0.25, 0.3) is 0 Å². The van der Waals surface area contributed by atoms with Gasteiger partial charge in [-0.3, -0.25) is 4.79 Å². The Bertz CT molecular complexity index is 476. The Labute approximate surface area is 128 Å². The third-order valence-electron chi connectivity index (χ3n) is 3.89. The SMILES string of the molecule is CC(C)N[C@H]1C[C@H](Oc2cccc(CC(=O)C(C)C)c2)C1. The van der Waals surface area contributed by atoms with E-state index >= 15 is 0 Å². The summed E-state index contributed by atoms with van der Waals surface area (Å²) in [5.41, 5.74) is 1.04. The zero-order valence-electron chi connectivity index (χ0n) is 13.6. The van der Waals surface area contributed by atoms with E-state index in [9.17, 15) is 4.79 Å². The van der Waals surface area contributed by atoms with E-state index in [1.807, 2.05) is 38.1 Å². The molecule has 1 aliphatic rings. The largest absolute Gasteiger partial charge is 0.490 e. The molecular formula is C18H27NO2. The summed E-state index contributed by atoms with van der Waals surface area (Å²) >= 11 is 0. The molecule has 0 saturated heterocycles. The van der Waals surface area contributed by atoms with Gasteiger partial charge in [0.2, 0.25) is 0 Å². The molecule has 0 amide bonds. The van der Waals surface area contributed by atoms with Crippen molar-refractivity contribution in [2.45, 2.75) is 65.1 Å². The average Bonchev–Trinajstić information content (AvgIpc) is 2.36. The minimum absolute atomic E-state index is 0.0871. The van der Waals surface area contributed by atoms with Gasteiger partial charge < -0.3 is 10.1 Å². The summed E-state index contributed by atoms with van der Waals surface area (Å²) in [5.74, 6) is 1.25. The maximum absolute atomic E-state index is 11.8. The Morgan fingerprint density at radius 3 is 2.62 bits per heavy atom. The molecule has 21 heavy (non-hydrogen) atoms. The lowest BCUT2D eigenvalue weighted by Crippen LogP contribution is -2.49. The molecule has 3 nitrogen and oxygen atoms in total. The number of carbonyl (C=O) groups is 1. The van der Waals surface area contributed by atoms with Crippen LogP contribution in [0.15, 0.2) is 24.3 Å². The number of nitrogens with one attached hydrogen (secondary N) is 1. The summed E-state index contributed by atoms with van der Waals surface area (Å²) in [4.78, 5) is 11.8. The van der Waals surface area contributed by atoms with Crippen LogP contribution in [0.1, 0.15) is 46.1 Å². The molecule has 0 heterocycles. The van der Waals surface area contributed by atoms with E-state index < -0.39 is 0 Å². The molecule has 0 bridgehead atoms. The van der Waals surface area contributed by atoms with Crippen molar-refractivity contribution in [3.63, 3.8) is 0 Å². The van der Waals surface area contributed by atoms with Gasteiger partial charge in [0.25, 0.3) is 0 Å². The van der Waals surface area contributed by atoms with Gasteiger partial charge in [0, 0.05) is 24.4 Å². The second-order valence-electron chi connectivity index (χ2n) is 6.67. The van der Waals surface area contributed by atoms with Crippen LogP contribution in [-0.2, 0) is 11.2 Å². The van der Waals surface area contributed by atoms with Crippen molar-refractivity contribution >= 4 is 5.78 Å². The Kier molecular flexibility index (Phi) is 5.40. The molecule has 116 valence electrons. The van der Waals surface area contributed by atoms with Crippen LogP contribution in [-0.4, -0.2) is 24.0 Å². The van der Waals surface area contributed by atoms with Gasteiger partial charge in [-0.05, 0) is 30.5 Å². The highest BCUT2D eigenvalue weighted by molar-refractivity contribution is 5.82. The molecule has 1 aromatic carbocycles. The lowest BCUT2D eigenvalue weighted by Gasteiger charge is -2.37. The Balaban J connectivity index is 1.84. The van der Waals surface area contributed by atoms with Crippen molar-refractivity contribution in [3.8, 4) is 5.75 Å². The first-order valence-electron chi connectivity index (χ1n) is 7.98. The van der Waals surface area contributed by atoms with Gasteiger partial charge in [-0.15, -0.1) is 0 Å². The molecule has 0 atom stereocenters. The monoisotopic (exact) mass is 289 g/mol. The van der Waals surface area contributed by atoms with E-state index in [-0.39, 0.29) is 11.7 Å². The van der Waals surface area contributed by atoms with E-state index in [1.165, 1.54) is 0 Å². The Morgan fingerprint density at radius 2 is 2.00 bits per heavy atom. The van der Waals surface area contributed by atoms with E-state index in [2.05, 4.69) is 19.2 Å². The summed E-state index contributed by atoms with van der Waals surface area (Å²) in [6, 6.07) is 9.07. The van der Waals surface area contributed by atoms with Crippen molar-refractivity contribution in [1.82, 2.24) is 5.32 Å². The number of Topliss-reactive ketones (excluding diaryl/α,β-unsaturated/α-hetero) is 1. The third-order valence-corrected chi connectivity index (χ3v) is 3.89. The predicted molar refractivity (Wildman–Crippen MR) is 85.7 cm³/mol. The molecule has 0 unspecified atom stereocenters. The lowest BCUT2D eigenvalue weighted by molar-refractivity contribution is -0.121. The molecule has 2 rings (SSSR count). The fourth-order valence-electron chi connectivity index (χ4n) is 2.60. The molecular weight excluding hydrogens is 262 g/mol. The molecule has 1 saturated carbocycles. The van der Waals surface area contributed by atoms with Gasteiger partial charge >= 0.3 is 0 Å². The molecule has 1 N–H and O–H groups in total. The molecule has 1 aliphatic carbocycles. The first-order chi connectivity index (χ1) is 9.94. The summed E-state index contributed by atoms with van der Waals surface area (Å²) in [7, 11) is 0. The third kappa shape index (κ3) is 4.85. The van der Waals surface area contributed by atoms with Crippen LogP contribution in [0.4, 0.5) is 0 Å². The van der Waals surface area contributed by atoms with Crippen molar-refractivity contribution in [2.24, 2.45) is 5.92 Å². The highest BCUT2D eigenvalue weighted by Gasteiger charge is 2.30. The molecule has 1 fully saturated rings. The standard InChI is InChI=1S/C18H27NO2/c1-12(2)18(20)9-14-6-5-7-16(8-14)21-17-10-15(11-17)19-13(3)4/h5-8,12-13,15,17,19H,9-11H2,1-4H3/t15-,17-. The summed E-state index contributed by atoms with van der Waals surface area (Å²) in [5, 5.41) is 3.52. The maximum Gasteiger partial charge on any atom is 0.139 e. The van der Waals surface area contributed by atoms with Gasteiger partial charge in [0.05, 0.1) is 0 Å². The number of carbonyl (C=O) groups excluding carboxylic acids is 1. The highest BCUT2D eigenvalue weighted by atomic mass is 16.5. The van der Waals surface area contributed by atoms with Gasteiger partial charge in [-0.2, -0.15) is 0 Å². The van der Waals surface area contributed by atoms with Crippen molar-refractivity contribution < 1.29 is 9.53 Å².